The third kappa shape index (κ3) is 3.82. The molecule has 0 aliphatic carbocycles. The van der Waals surface area contributed by atoms with Crippen LogP contribution in [0.2, 0.25) is 19.6 Å². The molecular formula is C8H10N10O12Si. The average molecular weight is 466 g/mol. The van der Waals surface area contributed by atoms with Crippen molar-refractivity contribution in [1.29, 1.82) is 0 Å². The molecule has 31 heavy (non-hydrogen) atoms. The van der Waals surface area contributed by atoms with Gasteiger partial charge in [-0.1, -0.05) is 19.6 Å². The Morgan fingerprint density at radius 1 is 0.613 bits per heavy atom. The molecule has 0 amide bonds. The number of hydrogen-bond acceptors (Lipinski definition) is 16. The van der Waals surface area contributed by atoms with Gasteiger partial charge in [0.2, 0.25) is 5.95 Å². The maximum Gasteiger partial charge on any atom is 0.763 e. The van der Waals surface area contributed by atoms with Crippen LogP contribution in [0.3, 0.4) is 0 Å². The van der Waals surface area contributed by atoms with E-state index in [0.717, 1.165) is 0 Å². The highest BCUT2D eigenvalue weighted by molar-refractivity contribution is 6.79. The molecule has 1 aromatic heterocycles. The highest BCUT2D eigenvalue weighted by Gasteiger charge is 2.80. The molecule has 0 fully saturated rings. The summed E-state index contributed by atoms with van der Waals surface area (Å²) in [7, 11) is -2.65. The summed E-state index contributed by atoms with van der Waals surface area (Å²) in [6, 6.07) is 0. The molecule has 0 aliphatic heterocycles. The molecule has 0 aliphatic rings. The number of anilines is 1. The van der Waals surface area contributed by atoms with Gasteiger partial charge in [0, 0.05) is 0 Å². The highest BCUT2D eigenvalue weighted by Crippen LogP contribution is 2.29. The standard InChI is InChI=1S/C8H10N10O12Si/c1-31(2,3)12-6-10-4(7(13(19)20,14(21)22)15(23)24)9-5(11-6)8(16(25)26,17(27)28)18(29)30/h1-3H3,(H,9,10,11,12). The normalized spacial score (nSPS) is 12.0. The molecule has 23 heteroatoms. The van der Waals surface area contributed by atoms with Crippen LogP contribution in [-0.4, -0.2) is 52.7 Å². The van der Waals surface area contributed by atoms with Gasteiger partial charge in [-0.25, -0.2) is 0 Å². The lowest BCUT2D eigenvalue weighted by Crippen LogP contribution is -2.54. The van der Waals surface area contributed by atoms with E-state index in [9.17, 15) is 60.7 Å². The summed E-state index contributed by atoms with van der Waals surface area (Å²) >= 11 is 0. The smallest absolute Gasteiger partial charge is 0.380 e. The Morgan fingerprint density at radius 2 is 0.871 bits per heavy atom. The summed E-state index contributed by atoms with van der Waals surface area (Å²) in [6.45, 7) is 4.50. The highest BCUT2D eigenvalue weighted by atomic mass is 28.3. The van der Waals surface area contributed by atoms with E-state index in [2.05, 4.69) is 19.9 Å². The summed E-state index contributed by atoms with van der Waals surface area (Å²) in [5.41, 5.74) is 0. The molecule has 22 nitrogen and oxygen atoms in total. The Balaban J connectivity index is 4.25. The van der Waals surface area contributed by atoms with E-state index >= 15 is 0 Å². The van der Waals surface area contributed by atoms with E-state index in [1.165, 1.54) is 19.6 Å². The number of hydrogen-bond donors (Lipinski definition) is 1. The summed E-state index contributed by atoms with van der Waals surface area (Å²) in [4.78, 5) is 66.5. The average Bonchev–Trinajstić information content (AvgIpc) is 2.51. The zero-order valence-electron chi connectivity index (χ0n) is 15.4. The molecule has 1 aromatic rings. The van der Waals surface area contributed by atoms with Crippen LogP contribution in [0, 0.1) is 60.7 Å². The fourth-order valence-corrected chi connectivity index (χ4v) is 2.74. The van der Waals surface area contributed by atoms with Gasteiger partial charge in [-0.3, -0.25) is 60.7 Å². The topological polar surface area (TPSA) is 310 Å². The number of rotatable bonds is 10. The van der Waals surface area contributed by atoms with Gasteiger partial charge >= 0.3 is 23.2 Å². The first-order valence-corrected chi connectivity index (χ1v) is 10.9. The Morgan fingerprint density at radius 3 is 1.06 bits per heavy atom. The van der Waals surface area contributed by atoms with Crippen molar-refractivity contribution in [2.75, 3.05) is 4.98 Å². The van der Waals surface area contributed by atoms with Crippen LogP contribution < -0.4 is 4.98 Å². The molecule has 0 atom stereocenters. The van der Waals surface area contributed by atoms with Gasteiger partial charge in [-0.2, -0.15) is 15.0 Å². The second kappa shape index (κ2) is 7.69. The second-order valence-corrected chi connectivity index (χ2v) is 11.2. The summed E-state index contributed by atoms with van der Waals surface area (Å²) in [6.07, 6.45) is 0. The molecule has 0 aromatic carbocycles. The van der Waals surface area contributed by atoms with E-state index < -0.39 is 66.9 Å². The van der Waals surface area contributed by atoms with Crippen LogP contribution in [0.15, 0.2) is 0 Å². The predicted molar refractivity (Wildman–Crippen MR) is 92.1 cm³/mol. The Bertz CT molecular complexity index is 865. The van der Waals surface area contributed by atoms with Crippen LogP contribution >= 0.6 is 0 Å². The quantitative estimate of drug-likeness (QED) is 0.187. The molecule has 0 bridgehead atoms. The Hall–Kier alpha value is -4.57. The van der Waals surface area contributed by atoms with Crippen molar-refractivity contribution < 1.29 is 29.5 Å². The molecule has 0 saturated heterocycles. The van der Waals surface area contributed by atoms with Gasteiger partial charge in [0.1, 0.15) is 8.24 Å². The van der Waals surface area contributed by atoms with E-state index in [1.807, 2.05) is 0 Å². The number of aromatic nitrogens is 3. The van der Waals surface area contributed by atoms with Crippen molar-refractivity contribution in [2.24, 2.45) is 0 Å². The molecule has 0 spiro atoms. The Labute approximate surface area is 168 Å². The lowest BCUT2D eigenvalue weighted by molar-refractivity contribution is -0.989. The third-order valence-electron chi connectivity index (χ3n) is 3.25. The lowest BCUT2D eigenvalue weighted by atomic mass is 10.3. The zero-order valence-corrected chi connectivity index (χ0v) is 16.4. The first kappa shape index (κ1) is 24.5. The molecular weight excluding hydrogens is 456 g/mol. The number of nitrogens with zero attached hydrogens (tertiary/aromatic N) is 9. The van der Waals surface area contributed by atoms with Gasteiger partial charge in [0.15, 0.2) is 29.5 Å². The van der Waals surface area contributed by atoms with Gasteiger partial charge < -0.3 is 4.98 Å². The SMILES string of the molecule is C[Si](C)(C)Nc1nc(C([N+](=O)[O-])([N+](=O)[O-])[N+](=O)[O-])nc(C([N+](=O)[O-])([N+](=O)[O-])[N+](=O)[O-])n1. The fourth-order valence-electron chi connectivity index (χ4n) is 1.96. The van der Waals surface area contributed by atoms with Crippen molar-refractivity contribution in [3.05, 3.63) is 72.3 Å². The van der Waals surface area contributed by atoms with E-state index in [1.54, 1.807) is 0 Å². The first-order chi connectivity index (χ1) is 13.9. The predicted octanol–water partition coefficient (Wildman–Crippen LogP) is -1.00. The van der Waals surface area contributed by atoms with Gasteiger partial charge in [-0.15, -0.1) is 0 Å². The molecule has 0 radical (unpaired) electrons. The molecule has 0 saturated carbocycles. The van der Waals surface area contributed by atoms with Crippen LogP contribution in [-0.2, 0) is 11.6 Å². The summed E-state index contributed by atoms with van der Waals surface area (Å²) in [5, 5.41) is 67.6. The summed E-state index contributed by atoms with van der Waals surface area (Å²) < 4.78 is 0. The van der Waals surface area contributed by atoms with E-state index in [-0.39, 0.29) is 0 Å². The van der Waals surface area contributed by atoms with Crippen LogP contribution in [0.1, 0.15) is 11.6 Å². The van der Waals surface area contributed by atoms with Crippen molar-refractivity contribution in [2.45, 2.75) is 31.2 Å². The molecule has 1 heterocycles. The molecule has 168 valence electrons. The van der Waals surface area contributed by atoms with Crippen molar-refractivity contribution in [1.82, 2.24) is 15.0 Å². The minimum atomic E-state index is -4.61. The fraction of sp³-hybridized carbons (Fsp3) is 0.625. The van der Waals surface area contributed by atoms with Gasteiger partial charge in [0.25, 0.3) is 0 Å². The van der Waals surface area contributed by atoms with Crippen molar-refractivity contribution in [3.8, 4) is 0 Å². The third-order valence-corrected chi connectivity index (χ3v) is 4.22. The van der Waals surface area contributed by atoms with Crippen LogP contribution in [0.4, 0.5) is 5.95 Å². The second-order valence-electron chi connectivity index (χ2n) is 6.49. The van der Waals surface area contributed by atoms with Crippen molar-refractivity contribution in [3.63, 3.8) is 0 Å². The largest absolute Gasteiger partial charge is 0.763 e. The van der Waals surface area contributed by atoms with Gasteiger partial charge in [0.05, 0.1) is 0 Å². The maximum atomic E-state index is 11.3. The first-order valence-electron chi connectivity index (χ1n) is 7.37. The van der Waals surface area contributed by atoms with Crippen LogP contribution in [0.25, 0.3) is 0 Å². The van der Waals surface area contributed by atoms with E-state index in [0.29, 0.717) is 0 Å². The molecule has 1 rings (SSSR count). The van der Waals surface area contributed by atoms with Gasteiger partial charge in [-0.05, 0) is 0 Å². The molecule has 0 unspecified atom stereocenters. The monoisotopic (exact) mass is 466 g/mol. The minimum absolute atomic E-state index is 1.05. The number of nitrogens with one attached hydrogen (secondary N) is 1. The zero-order chi connectivity index (χ0) is 24.5. The number of nitro groups is 6. The van der Waals surface area contributed by atoms with Crippen LogP contribution in [0.5, 0.6) is 0 Å². The van der Waals surface area contributed by atoms with E-state index in [4.69, 9.17) is 0 Å². The molecule has 1 N–H and O–H groups in total. The van der Waals surface area contributed by atoms with Crippen molar-refractivity contribution >= 4 is 14.2 Å². The summed E-state index contributed by atoms with van der Waals surface area (Å²) in [5.74, 6) is -14.3. The Kier molecular flexibility index (Phi) is 6.07. The maximum absolute atomic E-state index is 11.3. The minimum Gasteiger partial charge on any atom is -0.380 e. The lowest BCUT2D eigenvalue weighted by Gasteiger charge is -2.18.